The van der Waals surface area contributed by atoms with Gasteiger partial charge in [-0.25, -0.2) is 4.98 Å². The van der Waals surface area contributed by atoms with Gasteiger partial charge < -0.3 is 4.98 Å². The molecular formula is C12H15N3. The summed E-state index contributed by atoms with van der Waals surface area (Å²) >= 11 is 0. The zero-order valence-corrected chi connectivity index (χ0v) is 9.12. The van der Waals surface area contributed by atoms with E-state index < -0.39 is 0 Å². The van der Waals surface area contributed by atoms with Crippen LogP contribution in [0.5, 0.6) is 0 Å². The van der Waals surface area contributed by atoms with E-state index in [1.807, 2.05) is 24.5 Å². The van der Waals surface area contributed by atoms with Gasteiger partial charge in [0.1, 0.15) is 5.69 Å². The lowest BCUT2D eigenvalue weighted by atomic mass is 10.2. The molecule has 15 heavy (non-hydrogen) atoms. The van der Waals surface area contributed by atoms with Crippen LogP contribution in [0.2, 0.25) is 0 Å². The van der Waals surface area contributed by atoms with Crippen LogP contribution in [0, 0.1) is 0 Å². The van der Waals surface area contributed by atoms with Gasteiger partial charge in [0.05, 0.1) is 17.1 Å². The van der Waals surface area contributed by atoms with Crippen LogP contribution in [-0.2, 0) is 12.8 Å². The molecule has 0 amide bonds. The first-order valence-corrected chi connectivity index (χ1v) is 5.33. The van der Waals surface area contributed by atoms with Crippen molar-refractivity contribution in [2.24, 2.45) is 0 Å². The van der Waals surface area contributed by atoms with Gasteiger partial charge in [-0.15, -0.1) is 0 Å². The highest BCUT2D eigenvalue weighted by molar-refractivity contribution is 5.57. The van der Waals surface area contributed by atoms with Gasteiger partial charge in [-0.05, 0) is 25.0 Å². The first kappa shape index (κ1) is 9.90. The largest absolute Gasteiger partial charge is 0.360 e. The lowest BCUT2D eigenvalue weighted by Crippen LogP contribution is -1.99. The zero-order chi connectivity index (χ0) is 10.7. The summed E-state index contributed by atoms with van der Waals surface area (Å²) in [5.74, 6) is 0. The van der Waals surface area contributed by atoms with E-state index in [2.05, 4.69) is 28.8 Å². The van der Waals surface area contributed by atoms with Gasteiger partial charge >= 0.3 is 0 Å². The average Bonchev–Trinajstić information content (AvgIpc) is 2.81. The predicted octanol–water partition coefficient (Wildman–Crippen LogP) is 2.60. The Hall–Kier alpha value is -1.64. The van der Waals surface area contributed by atoms with E-state index in [4.69, 9.17) is 0 Å². The number of hydrogen-bond acceptors (Lipinski definition) is 2. The summed E-state index contributed by atoms with van der Waals surface area (Å²) in [6.07, 6.45) is 5.61. The molecule has 0 aliphatic carbocycles. The minimum atomic E-state index is 0.908. The molecule has 3 heteroatoms. The molecule has 2 aromatic heterocycles. The van der Waals surface area contributed by atoms with Crippen LogP contribution in [0.3, 0.4) is 0 Å². The fraction of sp³-hybridized carbons (Fsp3) is 0.333. The summed E-state index contributed by atoms with van der Waals surface area (Å²) < 4.78 is 0. The van der Waals surface area contributed by atoms with E-state index >= 15 is 0 Å². The van der Waals surface area contributed by atoms with Crippen molar-refractivity contribution in [2.75, 3.05) is 0 Å². The molecule has 2 heterocycles. The third-order valence-corrected chi connectivity index (χ3v) is 2.45. The van der Waals surface area contributed by atoms with Gasteiger partial charge in [0.2, 0.25) is 0 Å². The Kier molecular flexibility index (Phi) is 2.81. The van der Waals surface area contributed by atoms with Crippen LogP contribution in [0.4, 0.5) is 0 Å². The predicted molar refractivity (Wildman–Crippen MR) is 60.6 cm³/mol. The number of H-pyrrole nitrogens is 1. The Labute approximate surface area is 89.6 Å². The number of nitrogens with one attached hydrogen (secondary N) is 1. The molecular weight excluding hydrogens is 186 g/mol. The molecule has 0 aromatic carbocycles. The number of nitrogens with zero attached hydrogens (tertiary/aromatic N) is 2. The van der Waals surface area contributed by atoms with Crippen molar-refractivity contribution in [3.8, 4) is 11.4 Å². The highest BCUT2D eigenvalue weighted by Gasteiger charge is 2.08. The molecule has 78 valence electrons. The Morgan fingerprint density at radius 1 is 1.27 bits per heavy atom. The Balaban J connectivity index is 2.52. The maximum atomic E-state index is 4.61. The van der Waals surface area contributed by atoms with Gasteiger partial charge in [-0.1, -0.05) is 13.8 Å². The maximum Gasteiger partial charge on any atom is 0.108 e. The standard InChI is InChI=1S/C12H15N3/c1-3-9-8-14-10(4-2)12(15-9)11-6-5-7-13-11/h5-8,13H,3-4H2,1-2H3. The molecule has 0 radical (unpaired) electrons. The van der Waals surface area contributed by atoms with E-state index in [1.54, 1.807) is 0 Å². The van der Waals surface area contributed by atoms with Crippen LogP contribution >= 0.6 is 0 Å². The van der Waals surface area contributed by atoms with Gasteiger partial charge in [0.25, 0.3) is 0 Å². The van der Waals surface area contributed by atoms with Crippen LogP contribution in [0.1, 0.15) is 25.2 Å². The highest BCUT2D eigenvalue weighted by atomic mass is 14.9. The zero-order valence-electron chi connectivity index (χ0n) is 9.12. The van der Waals surface area contributed by atoms with E-state index in [9.17, 15) is 0 Å². The molecule has 3 nitrogen and oxygen atoms in total. The van der Waals surface area contributed by atoms with Crippen molar-refractivity contribution in [2.45, 2.75) is 26.7 Å². The lowest BCUT2D eigenvalue weighted by Gasteiger charge is -2.06. The van der Waals surface area contributed by atoms with Crippen molar-refractivity contribution in [1.29, 1.82) is 0 Å². The first-order chi connectivity index (χ1) is 7.35. The maximum absolute atomic E-state index is 4.61. The number of aromatic nitrogens is 3. The van der Waals surface area contributed by atoms with Crippen molar-refractivity contribution in [1.82, 2.24) is 15.0 Å². The number of aryl methyl sites for hydroxylation is 2. The minimum Gasteiger partial charge on any atom is -0.360 e. The summed E-state index contributed by atoms with van der Waals surface area (Å²) in [6.45, 7) is 4.19. The molecule has 1 N–H and O–H groups in total. The Morgan fingerprint density at radius 3 is 2.73 bits per heavy atom. The number of rotatable bonds is 3. The molecule has 0 saturated carbocycles. The normalized spacial score (nSPS) is 10.5. The van der Waals surface area contributed by atoms with Crippen LogP contribution in [0.15, 0.2) is 24.5 Å². The van der Waals surface area contributed by atoms with Gasteiger partial charge in [-0.3, -0.25) is 4.98 Å². The molecule has 0 bridgehead atoms. The quantitative estimate of drug-likeness (QED) is 0.829. The molecule has 2 aromatic rings. The van der Waals surface area contributed by atoms with Crippen LogP contribution in [0.25, 0.3) is 11.4 Å². The monoisotopic (exact) mass is 201 g/mol. The van der Waals surface area contributed by atoms with Crippen molar-refractivity contribution in [3.63, 3.8) is 0 Å². The van der Waals surface area contributed by atoms with E-state index in [-0.39, 0.29) is 0 Å². The van der Waals surface area contributed by atoms with Crippen molar-refractivity contribution >= 4 is 0 Å². The molecule has 0 aliphatic heterocycles. The van der Waals surface area contributed by atoms with E-state index in [0.29, 0.717) is 0 Å². The molecule has 0 fully saturated rings. The minimum absolute atomic E-state index is 0.908. The SMILES string of the molecule is CCc1cnc(CC)c(-c2ccc[nH]2)n1. The summed E-state index contributed by atoms with van der Waals surface area (Å²) in [6, 6.07) is 4.01. The van der Waals surface area contributed by atoms with Gasteiger partial charge in [-0.2, -0.15) is 0 Å². The second-order valence-corrected chi connectivity index (χ2v) is 3.45. The fourth-order valence-electron chi connectivity index (χ4n) is 1.57. The third-order valence-electron chi connectivity index (χ3n) is 2.45. The first-order valence-electron chi connectivity index (χ1n) is 5.33. The average molecular weight is 201 g/mol. The second-order valence-electron chi connectivity index (χ2n) is 3.45. The van der Waals surface area contributed by atoms with Crippen LogP contribution < -0.4 is 0 Å². The number of aromatic amines is 1. The van der Waals surface area contributed by atoms with E-state index in [1.165, 1.54) is 0 Å². The number of hydrogen-bond donors (Lipinski definition) is 1. The molecule has 0 spiro atoms. The second kappa shape index (κ2) is 4.26. The summed E-state index contributed by atoms with van der Waals surface area (Å²) in [5.41, 5.74) is 4.13. The summed E-state index contributed by atoms with van der Waals surface area (Å²) in [7, 11) is 0. The molecule has 0 aliphatic rings. The molecule has 0 atom stereocenters. The molecule has 2 rings (SSSR count). The summed E-state index contributed by atoms with van der Waals surface area (Å²) in [5, 5.41) is 0. The Morgan fingerprint density at radius 2 is 2.13 bits per heavy atom. The highest BCUT2D eigenvalue weighted by Crippen LogP contribution is 2.18. The van der Waals surface area contributed by atoms with Gasteiger partial charge in [0, 0.05) is 12.4 Å². The van der Waals surface area contributed by atoms with E-state index in [0.717, 1.165) is 35.6 Å². The molecule has 0 unspecified atom stereocenters. The Bertz CT molecular complexity index is 432. The third kappa shape index (κ3) is 1.91. The van der Waals surface area contributed by atoms with Gasteiger partial charge in [0.15, 0.2) is 0 Å². The topological polar surface area (TPSA) is 41.6 Å². The van der Waals surface area contributed by atoms with Crippen molar-refractivity contribution in [3.05, 3.63) is 35.9 Å². The molecule has 0 saturated heterocycles. The smallest absolute Gasteiger partial charge is 0.108 e. The lowest BCUT2D eigenvalue weighted by molar-refractivity contribution is 0.939. The fourth-order valence-corrected chi connectivity index (χ4v) is 1.57. The summed E-state index contributed by atoms with van der Waals surface area (Å²) in [4.78, 5) is 12.2. The van der Waals surface area contributed by atoms with Crippen molar-refractivity contribution < 1.29 is 0 Å². The van der Waals surface area contributed by atoms with Crippen LogP contribution in [-0.4, -0.2) is 15.0 Å².